The van der Waals surface area contributed by atoms with Crippen molar-refractivity contribution in [3.8, 4) is 11.4 Å². The van der Waals surface area contributed by atoms with Gasteiger partial charge in [0.1, 0.15) is 0 Å². The van der Waals surface area contributed by atoms with Crippen LogP contribution in [0.4, 0.5) is 18.0 Å². The number of urea groups is 1. The zero-order valence-corrected chi connectivity index (χ0v) is 18.8. The molecule has 2 aliphatic heterocycles. The Kier molecular flexibility index (Phi) is 7.55. The molecule has 3 amide bonds. The molecule has 2 aliphatic rings. The number of hydrogen-bond acceptors (Lipinski definition) is 7. The number of benzene rings is 1. The summed E-state index contributed by atoms with van der Waals surface area (Å²) >= 11 is 0. The predicted molar refractivity (Wildman–Crippen MR) is 115 cm³/mol. The number of piperidine rings is 1. The van der Waals surface area contributed by atoms with Crippen LogP contribution in [0.2, 0.25) is 0 Å². The summed E-state index contributed by atoms with van der Waals surface area (Å²) in [6, 6.07) is 4.96. The fraction of sp³-hybridized carbons (Fsp3) is 0.545. The molecule has 10 nitrogen and oxygen atoms in total. The lowest BCUT2D eigenvalue weighted by atomic mass is 10.0. The average molecular weight is 497 g/mol. The molecule has 0 radical (unpaired) electrons. The second-order valence-electron chi connectivity index (χ2n) is 8.44. The monoisotopic (exact) mass is 497 g/mol. The second-order valence-corrected chi connectivity index (χ2v) is 8.44. The van der Waals surface area contributed by atoms with E-state index in [1.165, 1.54) is 24.3 Å². The number of ether oxygens (including phenoxy) is 1. The molecule has 35 heavy (non-hydrogen) atoms. The van der Waals surface area contributed by atoms with Gasteiger partial charge < -0.3 is 29.5 Å². The number of nitrogens with zero attached hydrogens (tertiary/aromatic N) is 4. The number of likely N-dealkylation sites (tertiary alicyclic amines) is 1. The topological polar surface area (TPSA) is 121 Å². The summed E-state index contributed by atoms with van der Waals surface area (Å²) in [7, 11) is 0. The molecule has 2 saturated heterocycles. The number of morpholine rings is 1. The first-order chi connectivity index (χ1) is 16.8. The molecule has 0 aliphatic carbocycles. The SMILES string of the molecule is O=C(NC[C@H]1COCCN1C(=O)N1CCCCC1CO)c1ccc(-c2noc(C(F)(F)F)n2)cc1. The number of hydrogen-bond donors (Lipinski definition) is 2. The van der Waals surface area contributed by atoms with Crippen molar-refractivity contribution in [2.24, 2.45) is 0 Å². The summed E-state index contributed by atoms with van der Waals surface area (Å²) < 4.78 is 47.7. The third-order valence-electron chi connectivity index (χ3n) is 6.13. The summed E-state index contributed by atoms with van der Waals surface area (Å²) in [6.45, 7) is 1.69. The van der Waals surface area contributed by atoms with Gasteiger partial charge in [0.05, 0.1) is 31.9 Å². The van der Waals surface area contributed by atoms with Crippen molar-refractivity contribution in [1.82, 2.24) is 25.3 Å². The van der Waals surface area contributed by atoms with Gasteiger partial charge in [0.2, 0.25) is 5.82 Å². The Morgan fingerprint density at radius 3 is 2.54 bits per heavy atom. The molecule has 1 aromatic carbocycles. The molecule has 3 heterocycles. The van der Waals surface area contributed by atoms with Crippen LogP contribution in [0.15, 0.2) is 28.8 Å². The van der Waals surface area contributed by atoms with Gasteiger partial charge in [0, 0.05) is 30.8 Å². The number of aliphatic hydroxyl groups excluding tert-OH is 1. The smallest absolute Gasteiger partial charge is 0.394 e. The highest BCUT2D eigenvalue weighted by atomic mass is 19.4. The van der Waals surface area contributed by atoms with Crippen LogP contribution in [0.3, 0.4) is 0 Å². The molecular formula is C22H26F3N5O5. The largest absolute Gasteiger partial charge is 0.471 e. The standard InChI is InChI=1S/C22H26F3N5O5/c23-22(24,25)20-27-18(28-35-20)14-4-6-15(7-5-14)19(32)26-11-17-13-34-10-9-30(17)21(33)29-8-2-1-3-16(29)12-31/h4-7,16-17,31H,1-3,8-13H2,(H,26,32)/t16?,17-/m0/s1. The van der Waals surface area contributed by atoms with E-state index in [0.29, 0.717) is 19.7 Å². The maximum atomic E-state index is 13.2. The summed E-state index contributed by atoms with van der Waals surface area (Å²) in [5.41, 5.74) is 0.539. The van der Waals surface area contributed by atoms with E-state index in [1.54, 1.807) is 9.80 Å². The van der Waals surface area contributed by atoms with E-state index in [2.05, 4.69) is 20.0 Å². The van der Waals surface area contributed by atoms with Crippen LogP contribution in [0.5, 0.6) is 0 Å². The van der Waals surface area contributed by atoms with Crippen molar-refractivity contribution in [3.05, 3.63) is 35.7 Å². The highest BCUT2D eigenvalue weighted by Crippen LogP contribution is 2.29. The Bertz CT molecular complexity index is 1030. The number of aromatic nitrogens is 2. The number of rotatable bonds is 5. The molecule has 2 aromatic rings. The van der Waals surface area contributed by atoms with Crippen LogP contribution < -0.4 is 5.32 Å². The van der Waals surface area contributed by atoms with E-state index >= 15 is 0 Å². The van der Waals surface area contributed by atoms with Gasteiger partial charge in [-0.1, -0.05) is 17.3 Å². The highest BCUT2D eigenvalue weighted by molar-refractivity contribution is 5.94. The molecule has 13 heteroatoms. The minimum absolute atomic E-state index is 0.0884. The van der Waals surface area contributed by atoms with Crippen molar-refractivity contribution in [1.29, 1.82) is 0 Å². The molecule has 190 valence electrons. The lowest BCUT2D eigenvalue weighted by Gasteiger charge is -2.42. The maximum Gasteiger partial charge on any atom is 0.471 e. The fourth-order valence-corrected chi connectivity index (χ4v) is 4.22. The zero-order chi connectivity index (χ0) is 25.0. The van der Waals surface area contributed by atoms with E-state index < -0.39 is 18.0 Å². The van der Waals surface area contributed by atoms with Crippen molar-refractivity contribution in [2.45, 2.75) is 37.5 Å². The van der Waals surface area contributed by atoms with Gasteiger partial charge in [-0.05, 0) is 31.4 Å². The number of carbonyl (C=O) groups excluding carboxylic acids is 2. The number of halogens is 3. The first-order valence-corrected chi connectivity index (χ1v) is 11.3. The maximum absolute atomic E-state index is 13.2. The van der Waals surface area contributed by atoms with Crippen molar-refractivity contribution in [3.63, 3.8) is 0 Å². The number of nitrogens with one attached hydrogen (secondary N) is 1. The van der Waals surface area contributed by atoms with Gasteiger partial charge in [-0.15, -0.1) is 0 Å². The normalized spacial score (nSPS) is 21.1. The highest BCUT2D eigenvalue weighted by Gasteiger charge is 2.38. The van der Waals surface area contributed by atoms with E-state index in [0.717, 1.165) is 19.3 Å². The minimum Gasteiger partial charge on any atom is -0.394 e. The summed E-state index contributed by atoms with van der Waals surface area (Å²) in [5.74, 6) is -2.10. The molecule has 1 aromatic heterocycles. The Balaban J connectivity index is 1.37. The van der Waals surface area contributed by atoms with Gasteiger partial charge in [0.25, 0.3) is 5.91 Å². The number of alkyl halides is 3. The van der Waals surface area contributed by atoms with Crippen LogP contribution in [0.25, 0.3) is 11.4 Å². The van der Waals surface area contributed by atoms with Gasteiger partial charge in [-0.25, -0.2) is 4.79 Å². The van der Waals surface area contributed by atoms with Gasteiger partial charge in [-0.2, -0.15) is 18.2 Å². The second kappa shape index (κ2) is 10.6. The van der Waals surface area contributed by atoms with E-state index in [-0.39, 0.29) is 54.8 Å². The third kappa shape index (κ3) is 5.73. The van der Waals surface area contributed by atoms with Crippen LogP contribution in [0.1, 0.15) is 35.5 Å². The number of carbonyl (C=O) groups is 2. The van der Waals surface area contributed by atoms with Crippen molar-refractivity contribution < 1.29 is 37.1 Å². The van der Waals surface area contributed by atoms with Crippen LogP contribution in [-0.4, -0.2) is 88.5 Å². The predicted octanol–water partition coefficient (Wildman–Crippen LogP) is 2.15. The minimum atomic E-state index is -4.74. The first kappa shape index (κ1) is 24.9. The summed E-state index contributed by atoms with van der Waals surface area (Å²) in [6.07, 6.45) is -2.14. The van der Waals surface area contributed by atoms with Crippen LogP contribution >= 0.6 is 0 Å². The number of aliphatic hydroxyl groups is 1. The molecule has 1 unspecified atom stereocenters. The molecule has 2 fully saturated rings. The number of amides is 3. The van der Waals surface area contributed by atoms with Gasteiger partial charge >= 0.3 is 18.1 Å². The third-order valence-corrected chi connectivity index (χ3v) is 6.13. The van der Waals surface area contributed by atoms with Gasteiger partial charge in [0.15, 0.2) is 0 Å². The molecule has 4 rings (SSSR count). The fourth-order valence-electron chi connectivity index (χ4n) is 4.22. The van der Waals surface area contributed by atoms with E-state index in [1.807, 2.05) is 0 Å². The Morgan fingerprint density at radius 1 is 1.11 bits per heavy atom. The first-order valence-electron chi connectivity index (χ1n) is 11.3. The summed E-state index contributed by atoms with van der Waals surface area (Å²) in [4.78, 5) is 32.5. The van der Waals surface area contributed by atoms with Crippen LogP contribution in [-0.2, 0) is 10.9 Å². The van der Waals surface area contributed by atoms with Crippen LogP contribution in [0, 0.1) is 0 Å². The average Bonchev–Trinajstić information content (AvgIpc) is 3.38. The Morgan fingerprint density at radius 2 is 1.86 bits per heavy atom. The Labute approximate surface area is 199 Å². The van der Waals surface area contributed by atoms with Crippen molar-refractivity contribution in [2.75, 3.05) is 39.5 Å². The molecule has 0 bridgehead atoms. The lowest BCUT2D eigenvalue weighted by molar-refractivity contribution is -0.159. The molecule has 2 atom stereocenters. The molecule has 0 saturated carbocycles. The molecular weight excluding hydrogens is 471 g/mol. The molecule has 2 N–H and O–H groups in total. The van der Waals surface area contributed by atoms with E-state index in [9.17, 15) is 27.9 Å². The molecule has 0 spiro atoms. The quantitative estimate of drug-likeness (QED) is 0.649. The summed E-state index contributed by atoms with van der Waals surface area (Å²) in [5, 5.41) is 15.8. The van der Waals surface area contributed by atoms with Gasteiger partial charge in [-0.3, -0.25) is 4.79 Å². The Hall–Kier alpha value is -3.19. The lowest BCUT2D eigenvalue weighted by Crippen LogP contribution is -2.59. The van der Waals surface area contributed by atoms with E-state index in [4.69, 9.17) is 4.74 Å². The zero-order valence-electron chi connectivity index (χ0n) is 18.8. The van der Waals surface area contributed by atoms with Crippen molar-refractivity contribution >= 4 is 11.9 Å².